The maximum atomic E-state index is 11.1. The van der Waals surface area contributed by atoms with Crippen LogP contribution in [0.25, 0.3) is 0 Å². The first kappa shape index (κ1) is 11.2. The highest BCUT2D eigenvalue weighted by atomic mass is 16.7. The highest BCUT2D eigenvalue weighted by molar-refractivity contribution is 5.56. The minimum Gasteiger partial charge on any atom is -0.454 e. The van der Waals surface area contributed by atoms with Crippen molar-refractivity contribution in [3.63, 3.8) is 0 Å². The molecule has 1 N–H and O–H groups in total. The van der Waals surface area contributed by atoms with Gasteiger partial charge in [-0.25, -0.2) is 0 Å². The molecule has 7 heteroatoms. The third-order valence-electron chi connectivity index (χ3n) is 3.02. The first-order valence-electron chi connectivity index (χ1n) is 5.65. The average Bonchev–Trinajstić information content (AvgIpc) is 2.85. The summed E-state index contributed by atoms with van der Waals surface area (Å²) in [6, 6.07) is 2.88. The number of ether oxygens (including phenoxy) is 3. The lowest BCUT2D eigenvalue weighted by Crippen LogP contribution is -2.34. The molecule has 3 rings (SSSR count). The van der Waals surface area contributed by atoms with E-state index in [4.69, 9.17) is 14.2 Å². The zero-order valence-electron chi connectivity index (χ0n) is 9.55. The van der Waals surface area contributed by atoms with E-state index in [0.29, 0.717) is 36.8 Å². The van der Waals surface area contributed by atoms with Gasteiger partial charge in [0.25, 0.3) is 5.69 Å². The lowest BCUT2D eigenvalue weighted by Gasteiger charge is -2.24. The van der Waals surface area contributed by atoms with Gasteiger partial charge in [0.2, 0.25) is 6.79 Å². The maximum Gasteiger partial charge on any atom is 0.278 e. The fourth-order valence-electron chi connectivity index (χ4n) is 2.15. The van der Waals surface area contributed by atoms with Crippen molar-refractivity contribution < 1.29 is 19.1 Å². The largest absolute Gasteiger partial charge is 0.454 e. The van der Waals surface area contributed by atoms with Crippen molar-refractivity contribution in [2.24, 2.45) is 0 Å². The topological polar surface area (TPSA) is 82.9 Å². The Balaban J connectivity index is 2.02. The first-order valence-corrected chi connectivity index (χ1v) is 5.65. The molecule has 18 heavy (non-hydrogen) atoms. The highest BCUT2D eigenvalue weighted by Gasteiger charge is 2.29. The van der Waals surface area contributed by atoms with Gasteiger partial charge in [-0.15, -0.1) is 0 Å². The van der Waals surface area contributed by atoms with Crippen molar-refractivity contribution >= 4 is 5.69 Å². The van der Waals surface area contributed by atoms with Gasteiger partial charge in [0.15, 0.2) is 11.5 Å². The van der Waals surface area contributed by atoms with Crippen LogP contribution in [0.1, 0.15) is 11.6 Å². The van der Waals surface area contributed by atoms with Crippen LogP contribution in [0.15, 0.2) is 12.1 Å². The lowest BCUT2D eigenvalue weighted by atomic mass is 10.0. The molecule has 0 aliphatic carbocycles. The molecule has 1 saturated heterocycles. The standard InChI is InChI=1S/C11H12N2O5/c14-13(15)9-4-11-10(17-6-18-11)3-7(9)8-5-16-2-1-12-8/h3-4,8,12H,1-2,5-6H2/t8-/m0/s1. The van der Waals surface area contributed by atoms with Crippen molar-refractivity contribution in [3.05, 3.63) is 27.8 Å². The Bertz CT molecular complexity index is 485. The van der Waals surface area contributed by atoms with E-state index >= 15 is 0 Å². The van der Waals surface area contributed by atoms with Crippen LogP contribution in [0.5, 0.6) is 11.5 Å². The molecule has 1 fully saturated rings. The second-order valence-corrected chi connectivity index (χ2v) is 4.10. The van der Waals surface area contributed by atoms with E-state index in [2.05, 4.69) is 5.32 Å². The predicted molar refractivity (Wildman–Crippen MR) is 60.8 cm³/mol. The molecular weight excluding hydrogens is 240 g/mol. The Morgan fingerprint density at radius 2 is 2.11 bits per heavy atom. The van der Waals surface area contributed by atoms with Gasteiger partial charge in [-0.1, -0.05) is 0 Å². The summed E-state index contributed by atoms with van der Waals surface area (Å²) in [5.41, 5.74) is 0.603. The molecule has 0 saturated carbocycles. The van der Waals surface area contributed by atoms with Gasteiger partial charge < -0.3 is 19.5 Å². The van der Waals surface area contributed by atoms with Crippen molar-refractivity contribution in [2.45, 2.75) is 6.04 Å². The third kappa shape index (κ3) is 1.87. The third-order valence-corrected chi connectivity index (χ3v) is 3.02. The monoisotopic (exact) mass is 252 g/mol. The zero-order valence-corrected chi connectivity index (χ0v) is 9.55. The second-order valence-electron chi connectivity index (χ2n) is 4.10. The van der Waals surface area contributed by atoms with Crippen LogP contribution < -0.4 is 14.8 Å². The SMILES string of the molecule is O=[N+]([O-])c1cc2c(cc1[C@@H]1COCCN1)OCO2. The number of nitro benzene ring substituents is 1. The fraction of sp³-hybridized carbons (Fsp3) is 0.455. The van der Waals surface area contributed by atoms with Gasteiger partial charge in [0, 0.05) is 6.54 Å². The molecule has 7 nitrogen and oxygen atoms in total. The summed E-state index contributed by atoms with van der Waals surface area (Å²) in [4.78, 5) is 10.7. The molecule has 1 aromatic carbocycles. The number of benzene rings is 1. The second kappa shape index (κ2) is 4.43. The molecule has 1 aromatic rings. The number of hydrogen-bond acceptors (Lipinski definition) is 6. The number of rotatable bonds is 2. The lowest BCUT2D eigenvalue weighted by molar-refractivity contribution is -0.385. The normalized spacial score (nSPS) is 21.9. The van der Waals surface area contributed by atoms with Gasteiger partial charge >= 0.3 is 0 Å². The van der Waals surface area contributed by atoms with Crippen molar-refractivity contribution in [1.29, 1.82) is 0 Å². The number of hydrogen-bond donors (Lipinski definition) is 1. The Kier molecular flexibility index (Phi) is 2.77. The van der Waals surface area contributed by atoms with E-state index in [1.54, 1.807) is 6.07 Å². The van der Waals surface area contributed by atoms with E-state index in [1.807, 2.05) is 0 Å². The smallest absolute Gasteiger partial charge is 0.278 e. The van der Waals surface area contributed by atoms with Gasteiger partial charge in [0.05, 0.1) is 35.8 Å². The van der Waals surface area contributed by atoms with E-state index in [1.165, 1.54) is 6.07 Å². The molecule has 0 aromatic heterocycles. The predicted octanol–water partition coefficient (Wildman–Crippen LogP) is 0.984. The summed E-state index contributed by atoms with van der Waals surface area (Å²) in [7, 11) is 0. The van der Waals surface area contributed by atoms with Gasteiger partial charge in [-0.2, -0.15) is 0 Å². The number of fused-ring (bicyclic) bond motifs is 1. The Morgan fingerprint density at radius 3 is 2.78 bits per heavy atom. The molecule has 0 radical (unpaired) electrons. The van der Waals surface area contributed by atoms with E-state index < -0.39 is 4.92 Å². The fourth-order valence-corrected chi connectivity index (χ4v) is 2.15. The molecule has 0 bridgehead atoms. The number of nitrogens with zero attached hydrogens (tertiary/aromatic N) is 1. The van der Waals surface area contributed by atoms with Crippen LogP contribution in [0, 0.1) is 10.1 Å². The molecule has 1 atom stereocenters. The summed E-state index contributed by atoms with van der Waals surface area (Å²) in [6.07, 6.45) is 0. The van der Waals surface area contributed by atoms with Crippen LogP contribution in [0.4, 0.5) is 5.69 Å². The molecular formula is C11H12N2O5. The molecule has 0 spiro atoms. The van der Waals surface area contributed by atoms with Crippen molar-refractivity contribution in [1.82, 2.24) is 5.32 Å². The molecule has 0 unspecified atom stereocenters. The highest BCUT2D eigenvalue weighted by Crippen LogP contribution is 2.40. The quantitative estimate of drug-likeness (QED) is 0.624. The van der Waals surface area contributed by atoms with Crippen LogP contribution in [0.3, 0.4) is 0 Å². The average molecular weight is 252 g/mol. The molecule has 96 valence electrons. The van der Waals surface area contributed by atoms with Gasteiger partial charge in [-0.3, -0.25) is 10.1 Å². The molecule has 2 aliphatic rings. The van der Waals surface area contributed by atoms with E-state index in [9.17, 15) is 10.1 Å². The van der Waals surface area contributed by atoms with E-state index in [-0.39, 0.29) is 18.5 Å². The molecule has 0 amide bonds. The molecule has 2 heterocycles. The summed E-state index contributed by atoms with van der Waals surface area (Å²) in [6.45, 7) is 1.82. The minimum absolute atomic E-state index is 0.0299. The Hall–Kier alpha value is -1.86. The summed E-state index contributed by atoms with van der Waals surface area (Å²) >= 11 is 0. The first-order chi connectivity index (χ1) is 8.75. The summed E-state index contributed by atoms with van der Waals surface area (Å²) in [5, 5.41) is 14.3. The summed E-state index contributed by atoms with van der Waals surface area (Å²) < 4.78 is 15.7. The number of nitro groups is 1. The maximum absolute atomic E-state index is 11.1. The Labute approximate surface area is 103 Å². The molecule has 2 aliphatic heterocycles. The van der Waals surface area contributed by atoms with Gasteiger partial charge in [0.1, 0.15) is 0 Å². The Morgan fingerprint density at radius 1 is 1.33 bits per heavy atom. The van der Waals surface area contributed by atoms with Gasteiger partial charge in [-0.05, 0) is 6.07 Å². The minimum atomic E-state index is -0.409. The van der Waals surface area contributed by atoms with E-state index in [0.717, 1.165) is 0 Å². The summed E-state index contributed by atoms with van der Waals surface area (Å²) in [5.74, 6) is 0.963. The van der Waals surface area contributed by atoms with Crippen LogP contribution in [0.2, 0.25) is 0 Å². The van der Waals surface area contributed by atoms with Crippen LogP contribution in [-0.4, -0.2) is 31.5 Å². The van der Waals surface area contributed by atoms with Crippen LogP contribution >= 0.6 is 0 Å². The van der Waals surface area contributed by atoms with Crippen LogP contribution in [-0.2, 0) is 4.74 Å². The van der Waals surface area contributed by atoms with Crippen molar-refractivity contribution in [2.75, 3.05) is 26.6 Å². The number of nitrogens with one attached hydrogen (secondary N) is 1. The number of morpholine rings is 1. The zero-order chi connectivity index (χ0) is 12.5. The van der Waals surface area contributed by atoms with Crippen molar-refractivity contribution in [3.8, 4) is 11.5 Å².